The summed E-state index contributed by atoms with van der Waals surface area (Å²) >= 11 is 0. The summed E-state index contributed by atoms with van der Waals surface area (Å²) in [5.41, 5.74) is 1.97. The van der Waals surface area contributed by atoms with Crippen LogP contribution in [0.1, 0.15) is 43.7 Å². The minimum absolute atomic E-state index is 0.308. The summed E-state index contributed by atoms with van der Waals surface area (Å²) in [6.07, 6.45) is 4.41. The molecule has 0 saturated heterocycles. The van der Waals surface area contributed by atoms with Crippen molar-refractivity contribution >= 4 is 0 Å². The maximum absolute atomic E-state index is 9.58. The van der Waals surface area contributed by atoms with Crippen LogP contribution in [0.4, 0.5) is 0 Å². The number of benzene rings is 1. The molecular formula is C16H21NO. The van der Waals surface area contributed by atoms with E-state index in [2.05, 4.69) is 26.0 Å². The van der Waals surface area contributed by atoms with Crippen molar-refractivity contribution in [2.45, 2.75) is 44.9 Å². The zero-order valence-electron chi connectivity index (χ0n) is 11.5. The van der Waals surface area contributed by atoms with Gasteiger partial charge in [-0.1, -0.05) is 37.5 Å². The molecule has 96 valence electrons. The van der Waals surface area contributed by atoms with Crippen LogP contribution < -0.4 is 4.74 Å². The molecule has 0 atom stereocenters. The third kappa shape index (κ3) is 2.10. The van der Waals surface area contributed by atoms with E-state index in [9.17, 15) is 5.26 Å². The van der Waals surface area contributed by atoms with Crippen LogP contribution in [-0.4, -0.2) is 7.11 Å². The van der Waals surface area contributed by atoms with Crippen molar-refractivity contribution in [1.29, 1.82) is 5.26 Å². The van der Waals surface area contributed by atoms with Crippen LogP contribution in [0.5, 0.6) is 5.75 Å². The van der Waals surface area contributed by atoms with E-state index in [-0.39, 0.29) is 5.41 Å². The van der Waals surface area contributed by atoms with E-state index in [4.69, 9.17) is 4.74 Å². The van der Waals surface area contributed by atoms with Gasteiger partial charge in [0.25, 0.3) is 0 Å². The van der Waals surface area contributed by atoms with Crippen molar-refractivity contribution in [3.63, 3.8) is 0 Å². The first-order chi connectivity index (χ1) is 8.65. The highest BCUT2D eigenvalue weighted by Gasteiger charge is 2.47. The number of methoxy groups -OCH3 is 1. The normalized spacial score (nSPS) is 26.2. The smallest absolute Gasteiger partial charge is 0.123 e. The lowest BCUT2D eigenvalue weighted by Gasteiger charge is -2.43. The first kappa shape index (κ1) is 13.0. The van der Waals surface area contributed by atoms with E-state index in [0.29, 0.717) is 5.92 Å². The second-order valence-corrected chi connectivity index (χ2v) is 5.46. The SMILES string of the molecule is CCCC1CC(C#N)(c2cc(C)ccc2OC)C1. The molecule has 0 N–H and O–H groups in total. The van der Waals surface area contributed by atoms with Crippen LogP contribution in [0.3, 0.4) is 0 Å². The molecule has 0 spiro atoms. The van der Waals surface area contributed by atoms with Crippen molar-refractivity contribution in [1.82, 2.24) is 0 Å². The molecule has 0 aromatic heterocycles. The van der Waals surface area contributed by atoms with E-state index in [1.807, 2.05) is 12.1 Å². The molecule has 2 rings (SSSR count). The van der Waals surface area contributed by atoms with Crippen molar-refractivity contribution in [2.75, 3.05) is 7.11 Å². The van der Waals surface area contributed by atoms with Gasteiger partial charge in [0.15, 0.2) is 0 Å². The van der Waals surface area contributed by atoms with Crippen LogP contribution in [0, 0.1) is 24.2 Å². The molecule has 1 fully saturated rings. The number of rotatable bonds is 4. The van der Waals surface area contributed by atoms with Crippen LogP contribution >= 0.6 is 0 Å². The van der Waals surface area contributed by atoms with Crippen LogP contribution in [-0.2, 0) is 5.41 Å². The molecule has 0 radical (unpaired) electrons. The van der Waals surface area contributed by atoms with Gasteiger partial charge in [-0.05, 0) is 31.7 Å². The Balaban J connectivity index is 2.30. The van der Waals surface area contributed by atoms with Gasteiger partial charge in [0.1, 0.15) is 5.75 Å². The van der Waals surface area contributed by atoms with Gasteiger partial charge in [-0.3, -0.25) is 0 Å². The Morgan fingerprint density at radius 2 is 2.17 bits per heavy atom. The lowest BCUT2D eigenvalue weighted by Crippen LogP contribution is -2.40. The molecule has 1 aliphatic rings. The lowest BCUT2D eigenvalue weighted by atomic mass is 9.58. The quantitative estimate of drug-likeness (QED) is 0.801. The van der Waals surface area contributed by atoms with E-state index in [0.717, 1.165) is 24.2 Å². The molecule has 1 aliphatic carbocycles. The van der Waals surface area contributed by atoms with Crippen LogP contribution in [0.25, 0.3) is 0 Å². The summed E-state index contributed by atoms with van der Waals surface area (Å²) in [4.78, 5) is 0. The first-order valence-corrected chi connectivity index (χ1v) is 6.71. The largest absolute Gasteiger partial charge is 0.496 e. The number of hydrogen-bond acceptors (Lipinski definition) is 2. The monoisotopic (exact) mass is 243 g/mol. The highest BCUT2D eigenvalue weighted by Crippen LogP contribution is 2.51. The van der Waals surface area contributed by atoms with E-state index in [1.54, 1.807) is 7.11 Å². The number of nitrogens with zero attached hydrogens (tertiary/aromatic N) is 1. The summed E-state index contributed by atoms with van der Waals surface area (Å²) in [5.74, 6) is 1.57. The number of hydrogen-bond donors (Lipinski definition) is 0. The maximum atomic E-state index is 9.58. The molecule has 1 saturated carbocycles. The summed E-state index contributed by atoms with van der Waals surface area (Å²) in [7, 11) is 1.68. The molecule has 2 nitrogen and oxygen atoms in total. The number of ether oxygens (including phenoxy) is 1. The van der Waals surface area contributed by atoms with Crippen molar-refractivity contribution in [3.05, 3.63) is 29.3 Å². The molecular weight excluding hydrogens is 222 g/mol. The number of nitriles is 1. The second kappa shape index (κ2) is 5.02. The molecule has 18 heavy (non-hydrogen) atoms. The van der Waals surface area contributed by atoms with Gasteiger partial charge >= 0.3 is 0 Å². The lowest BCUT2D eigenvalue weighted by molar-refractivity contribution is 0.180. The fourth-order valence-corrected chi connectivity index (χ4v) is 3.11. The summed E-state index contributed by atoms with van der Waals surface area (Å²) in [5, 5.41) is 9.58. The minimum atomic E-state index is -0.308. The van der Waals surface area contributed by atoms with Gasteiger partial charge in [0.05, 0.1) is 18.6 Å². The van der Waals surface area contributed by atoms with E-state index >= 15 is 0 Å². The third-order valence-electron chi connectivity index (χ3n) is 4.06. The van der Waals surface area contributed by atoms with Crippen LogP contribution in [0.15, 0.2) is 18.2 Å². The van der Waals surface area contributed by atoms with Crippen LogP contribution in [0.2, 0.25) is 0 Å². The average Bonchev–Trinajstić information content (AvgIpc) is 2.33. The van der Waals surface area contributed by atoms with Gasteiger partial charge < -0.3 is 4.74 Å². The molecule has 2 heteroatoms. The predicted molar refractivity (Wildman–Crippen MR) is 72.7 cm³/mol. The zero-order chi connectivity index (χ0) is 13.2. The molecule has 0 aliphatic heterocycles. The Morgan fingerprint density at radius 3 is 2.72 bits per heavy atom. The van der Waals surface area contributed by atoms with Crippen molar-refractivity contribution in [3.8, 4) is 11.8 Å². The first-order valence-electron chi connectivity index (χ1n) is 6.71. The fourth-order valence-electron chi connectivity index (χ4n) is 3.11. The van der Waals surface area contributed by atoms with Gasteiger partial charge in [0, 0.05) is 5.56 Å². The van der Waals surface area contributed by atoms with Crippen molar-refractivity contribution < 1.29 is 4.74 Å². The minimum Gasteiger partial charge on any atom is -0.496 e. The Bertz CT molecular complexity index is 466. The Hall–Kier alpha value is -1.49. The standard InChI is InChI=1S/C16H21NO/c1-4-5-13-9-16(10-13,11-17)14-8-12(2)6-7-15(14)18-3/h6-8,13H,4-5,9-10H2,1-3H3. The summed E-state index contributed by atoms with van der Waals surface area (Å²) < 4.78 is 5.43. The highest BCUT2D eigenvalue weighted by molar-refractivity contribution is 5.47. The fraction of sp³-hybridized carbons (Fsp3) is 0.562. The predicted octanol–water partition coefficient (Wildman–Crippen LogP) is 3.98. The third-order valence-corrected chi connectivity index (χ3v) is 4.06. The molecule has 1 aromatic carbocycles. The topological polar surface area (TPSA) is 33.0 Å². The number of aryl methyl sites for hydroxylation is 1. The zero-order valence-corrected chi connectivity index (χ0v) is 11.5. The second-order valence-electron chi connectivity index (χ2n) is 5.46. The van der Waals surface area contributed by atoms with Gasteiger partial charge in [0.2, 0.25) is 0 Å². The van der Waals surface area contributed by atoms with Crippen molar-refractivity contribution in [2.24, 2.45) is 5.92 Å². The van der Waals surface area contributed by atoms with E-state index < -0.39 is 0 Å². The van der Waals surface area contributed by atoms with Gasteiger partial charge in [-0.15, -0.1) is 0 Å². The molecule has 0 bridgehead atoms. The van der Waals surface area contributed by atoms with Gasteiger partial charge in [-0.2, -0.15) is 5.26 Å². The molecule has 0 unspecified atom stereocenters. The Morgan fingerprint density at radius 1 is 1.44 bits per heavy atom. The van der Waals surface area contributed by atoms with Gasteiger partial charge in [-0.25, -0.2) is 0 Å². The highest BCUT2D eigenvalue weighted by atomic mass is 16.5. The molecule has 0 heterocycles. The van der Waals surface area contributed by atoms with E-state index in [1.165, 1.54) is 18.4 Å². The average molecular weight is 243 g/mol. The molecule has 0 amide bonds. The maximum Gasteiger partial charge on any atom is 0.123 e. The Labute approximate surface area is 110 Å². The Kier molecular flexibility index (Phi) is 3.61. The summed E-state index contributed by atoms with van der Waals surface area (Å²) in [6, 6.07) is 8.68. The summed E-state index contributed by atoms with van der Waals surface area (Å²) in [6.45, 7) is 4.27. The molecule has 1 aromatic rings.